The molecule has 4 heteroatoms. The molecular weight excluding hydrogens is 194 g/mol. The molecular formula is C11H19NO3. The van der Waals surface area contributed by atoms with E-state index in [0.29, 0.717) is 11.1 Å². The Morgan fingerprint density at radius 3 is 1.67 bits per heavy atom. The summed E-state index contributed by atoms with van der Waals surface area (Å²) >= 11 is 0. The van der Waals surface area contributed by atoms with Crippen molar-refractivity contribution in [2.24, 2.45) is 0 Å². The van der Waals surface area contributed by atoms with Crippen LogP contribution in [-0.4, -0.2) is 36.0 Å². The molecule has 0 aromatic rings. The molecule has 0 radical (unpaired) electrons. The van der Waals surface area contributed by atoms with Gasteiger partial charge in [0.15, 0.2) is 0 Å². The van der Waals surface area contributed by atoms with Gasteiger partial charge in [-0.3, -0.25) is 4.79 Å². The average Bonchev–Trinajstić information content (AvgIpc) is 2.15. The quantitative estimate of drug-likeness (QED) is 0.710. The van der Waals surface area contributed by atoms with Gasteiger partial charge >= 0.3 is 5.97 Å². The maximum Gasteiger partial charge on any atom is 0.330 e. The average molecular weight is 213 g/mol. The number of hydrogen-bond donors (Lipinski definition) is 1. The fraction of sp³-hybridized carbons (Fsp3) is 0.455. The molecule has 0 saturated carbocycles. The molecule has 0 spiro atoms. The highest BCUT2D eigenvalue weighted by Gasteiger charge is 2.01. The number of hydrogen-bond acceptors (Lipinski definition) is 2. The molecule has 86 valence electrons. The van der Waals surface area contributed by atoms with Crippen LogP contribution < -0.4 is 0 Å². The van der Waals surface area contributed by atoms with Gasteiger partial charge in [0.25, 0.3) is 0 Å². The largest absolute Gasteiger partial charge is 0.478 e. The lowest BCUT2D eigenvalue weighted by Gasteiger charge is -2.07. The van der Waals surface area contributed by atoms with Gasteiger partial charge in [0.2, 0.25) is 5.91 Å². The van der Waals surface area contributed by atoms with Crippen LogP contribution in [0.4, 0.5) is 0 Å². The summed E-state index contributed by atoms with van der Waals surface area (Å²) in [5.74, 6) is -0.854. The molecule has 1 amide bonds. The van der Waals surface area contributed by atoms with Crippen LogP contribution in [0.2, 0.25) is 0 Å². The van der Waals surface area contributed by atoms with Crippen LogP contribution in [0.3, 0.4) is 0 Å². The van der Waals surface area contributed by atoms with Gasteiger partial charge in [-0.15, -0.1) is 0 Å². The van der Waals surface area contributed by atoms with Crippen molar-refractivity contribution < 1.29 is 14.7 Å². The first-order valence-corrected chi connectivity index (χ1v) is 4.47. The molecule has 0 bridgehead atoms. The third-order valence-corrected chi connectivity index (χ3v) is 1.54. The van der Waals surface area contributed by atoms with E-state index >= 15 is 0 Å². The molecule has 0 heterocycles. The number of likely N-dealkylation sites (N-methyl/N-ethyl adjacent to an activating group) is 1. The molecule has 4 nitrogen and oxygen atoms in total. The van der Waals surface area contributed by atoms with E-state index in [0.717, 1.165) is 0 Å². The minimum Gasteiger partial charge on any atom is -0.478 e. The summed E-state index contributed by atoms with van der Waals surface area (Å²) in [6.45, 7) is 8.44. The lowest BCUT2D eigenvalue weighted by atomic mass is 10.3. The summed E-state index contributed by atoms with van der Waals surface area (Å²) in [4.78, 5) is 22.0. The summed E-state index contributed by atoms with van der Waals surface area (Å²) in [6.07, 6.45) is 1.56. The van der Waals surface area contributed by atoms with Crippen LogP contribution in [0.15, 0.2) is 23.8 Å². The van der Waals surface area contributed by atoms with E-state index in [9.17, 15) is 9.59 Å². The Hall–Kier alpha value is -1.58. The second-order valence-corrected chi connectivity index (χ2v) is 3.26. The van der Waals surface area contributed by atoms with Crippen LogP contribution in [-0.2, 0) is 9.59 Å². The second-order valence-electron chi connectivity index (χ2n) is 3.26. The van der Waals surface area contributed by atoms with Crippen molar-refractivity contribution in [1.29, 1.82) is 0 Å². The number of amides is 1. The molecule has 0 aromatic carbocycles. The van der Waals surface area contributed by atoms with Crippen LogP contribution in [0.25, 0.3) is 0 Å². The zero-order chi connectivity index (χ0) is 12.6. The van der Waals surface area contributed by atoms with E-state index in [1.807, 2.05) is 0 Å². The maximum absolute atomic E-state index is 10.7. The summed E-state index contributed by atoms with van der Waals surface area (Å²) in [7, 11) is 3.41. The number of allylic oxidation sites excluding steroid dienone is 1. The van der Waals surface area contributed by atoms with E-state index < -0.39 is 5.97 Å². The molecule has 15 heavy (non-hydrogen) atoms. The Morgan fingerprint density at radius 2 is 1.67 bits per heavy atom. The van der Waals surface area contributed by atoms with E-state index in [2.05, 4.69) is 6.58 Å². The Bertz CT molecular complexity index is 278. The number of carboxylic acids is 1. The SMILES string of the molecule is C=C(C)C(=O)N(C)C.CC=C(C)C(=O)O. The topological polar surface area (TPSA) is 57.6 Å². The van der Waals surface area contributed by atoms with E-state index in [1.165, 1.54) is 4.90 Å². The lowest BCUT2D eigenvalue weighted by molar-refractivity contribution is -0.132. The Morgan fingerprint density at radius 1 is 1.27 bits per heavy atom. The minimum atomic E-state index is -0.845. The lowest BCUT2D eigenvalue weighted by Crippen LogP contribution is -2.21. The fourth-order valence-electron chi connectivity index (χ4n) is 0.505. The number of rotatable bonds is 2. The molecule has 0 rings (SSSR count). The molecule has 0 aromatic heterocycles. The number of carbonyl (C=O) groups is 2. The first-order chi connectivity index (χ1) is 6.73. The molecule has 0 saturated heterocycles. The molecule has 0 aliphatic heterocycles. The van der Waals surface area contributed by atoms with Crippen molar-refractivity contribution in [3.8, 4) is 0 Å². The zero-order valence-corrected chi connectivity index (χ0v) is 10.00. The Kier molecular flexibility index (Phi) is 8.24. The van der Waals surface area contributed by atoms with E-state index in [-0.39, 0.29) is 5.91 Å². The van der Waals surface area contributed by atoms with Crippen molar-refractivity contribution in [2.75, 3.05) is 14.1 Å². The van der Waals surface area contributed by atoms with E-state index in [4.69, 9.17) is 5.11 Å². The van der Waals surface area contributed by atoms with Gasteiger partial charge in [-0.05, 0) is 20.8 Å². The zero-order valence-electron chi connectivity index (χ0n) is 10.00. The molecule has 1 N–H and O–H groups in total. The monoisotopic (exact) mass is 213 g/mol. The van der Waals surface area contributed by atoms with Crippen molar-refractivity contribution in [2.45, 2.75) is 20.8 Å². The van der Waals surface area contributed by atoms with Gasteiger partial charge in [-0.25, -0.2) is 4.79 Å². The third kappa shape index (κ3) is 8.74. The van der Waals surface area contributed by atoms with Gasteiger partial charge in [0.1, 0.15) is 0 Å². The first-order valence-electron chi connectivity index (χ1n) is 4.47. The summed E-state index contributed by atoms with van der Waals surface area (Å²) in [5.41, 5.74) is 0.968. The summed E-state index contributed by atoms with van der Waals surface area (Å²) < 4.78 is 0. The normalized spacial score (nSPS) is 9.80. The first kappa shape index (κ1) is 15.9. The van der Waals surface area contributed by atoms with Crippen molar-refractivity contribution in [3.63, 3.8) is 0 Å². The molecule has 0 unspecified atom stereocenters. The number of carboxylic acid groups (broad SMARTS) is 1. The Labute approximate surface area is 90.9 Å². The molecule has 0 aliphatic rings. The number of aliphatic carboxylic acids is 1. The predicted molar refractivity (Wildman–Crippen MR) is 60.6 cm³/mol. The highest BCUT2D eigenvalue weighted by atomic mass is 16.4. The third-order valence-electron chi connectivity index (χ3n) is 1.54. The van der Waals surface area contributed by atoms with Gasteiger partial charge in [-0.2, -0.15) is 0 Å². The van der Waals surface area contributed by atoms with Gasteiger partial charge in [-0.1, -0.05) is 12.7 Å². The Balaban J connectivity index is 0. The molecule has 0 atom stereocenters. The van der Waals surface area contributed by atoms with Crippen LogP contribution in [0.1, 0.15) is 20.8 Å². The highest BCUT2D eigenvalue weighted by Crippen LogP contribution is 1.90. The van der Waals surface area contributed by atoms with Crippen molar-refractivity contribution in [3.05, 3.63) is 23.8 Å². The number of carbonyl (C=O) groups excluding carboxylic acids is 1. The molecule has 0 fully saturated rings. The summed E-state index contributed by atoms with van der Waals surface area (Å²) in [5, 5.41) is 8.11. The van der Waals surface area contributed by atoms with Gasteiger partial charge < -0.3 is 10.0 Å². The maximum atomic E-state index is 10.7. The van der Waals surface area contributed by atoms with E-state index in [1.54, 1.807) is 40.9 Å². The van der Waals surface area contributed by atoms with Crippen molar-refractivity contribution >= 4 is 11.9 Å². The van der Waals surface area contributed by atoms with Crippen LogP contribution >= 0.6 is 0 Å². The summed E-state index contributed by atoms with van der Waals surface area (Å²) in [6, 6.07) is 0. The second kappa shape index (κ2) is 7.79. The molecule has 0 aliphatic carbocycles. The van der Waals surface area contributed by atoms with Crippen LogP contribution in [0.5, 0.6) is 0 Å². The number of nitrogens with zero attached hydrogens (tertiary/aromatic N) is 1. The predicted octanol–water partition coefficient (Wildman–Crippen LogP) is 1.69. The van der Waals surface area contributed by atoms with Crippen LogP contribution in [0, 0.1) is 0 Å². The smallest absolute Gasteiger partial charge is 0.330 e. The standard InChI is InChI=1S/C6H11NO.C5H8O2/c1-5(2)6(8)7(3)4;1-3-4(2)5(6)7/h1H2,2-4H3;3H,1-2H3,(H,6,7). The van der Waals surface area contributed by atoms with Gasteiger partial charge in [0.05, 0.1) is 0 Å². The van der Waals surface area contributed by atoms with Gasteiger partial charge in [0, 0.05) is 25.2 Å². The fourth-order valence-corrected chi connectivity index (χ4v) is 0.505. The highest BCUT2D eigenvalue weighted by molar-refractivity contribution is 5.91. The minimum absolute atomic E-state index is 0.00926. The van der Waals surface area contributed by atoms with Crippen molar-refractivity contribution in [1.82, 2.24) is 4.90 Å².